The summed E-state index contributed by atoms with van der Waals surface area (Å²) >= 11 is 0. The lowest BCUT2D eigenvalue weighted by molar-refractivity contribution is -0.131. The number of fused-ring (bicyclic) bond motifs is 3. The van der Waals surface area contributed by atoms with Crippen molar-refractivity contribution in [3.05, 3.63) is 23.3 Å². The van der Waals surface area contributed by atoms with Crippen LogP contribution in [0.15, 0.2) is 23.3 Å². The summed E-state index contributed by atoms with van der Waals surface area (Å²) < 4.78 is 0. The average Bonchev–Trinajstić information content (AvgIpc) is 2.96. The van der Waals surface area contributed by atoms with E-state index in [1.807, 2.05) is 0 Å². The molecule has 0 aliphatic heterocycles. The van der Waals surface area contributed by atoms with Gasteiger partial charge in [-0.1, -0.05) is 59.1 Å². The van der Waals surface area contributed by atoms with Gasteiger partial charge in [0.25, 0.3) is 0 Å². The van der Waals surface area contributed by atoms with E-state index in [-0.39, 0.29) is 0 Å². The number of hydrogen-bond acceptors (Lipinski definition) is 1. The number of allylic oxidation sites excluding steroid dienone is 2. The first-order valence-corrected chi connectivity index (χ1v) is 12.4. The highest BCUT2D eigenvalue weighted by Crippen LogP contribution is 2.85. The third-order valence-corrected chi connectivity index (χ3v) is 10.8. The Bertz CT molecular complexity index is 716. The minimum absolute atomic E-state index is 0.398. The van der Waals surface area contributed by atoms with Crippen molar-refractivity contribution in [3.8, 4) is 0 Å². The van der Waals surface area contributed by atoms with Gasteiger partial charge in [-0.25, -0.2) is 0 Å². The fourth-order valence-electron chi connectivity index (χ4n) is 9.23. The van der Waals surface area contributed by atoms with Crippen molar-refractivity contribution in [2.24, 2.45) is 45.7 Å². The SMILES string of the molecule is C=C1C2=C3CC(N)CCC3(C)[C@]23CCC2(C)C(CCCCC(C)C)CCC2C13. The van der Waals surface area contributed by atoms with Crippen LogP contribution in [0.4, 0.5) is 0 Å². The molecule has 5 aliphatic rings. The highest BCUT2D eigenvalue weighted by molar-refractivity contribution is 5.66. The molecule has 4 saturated carbocycles. The lowest BCUT2D eigenvalue weighted by Crippen LogP contribution is -2.70. The molecule has 0 heterocycles. The molecule has 7 atom stereocenters. The van der Waals surface area contributed by atoms with Gasteiger partial charge in [0.2, 0.25) is 0 Å². The summed E-state index contributed by atoms with van der Waals surface area (Å²) in [7, 11) is 0. The van der Waals surface area contributed by atoms with E-state index in [4.69, 9.17) is 5.73 Å². The lowest BCUT2D eigenvalue weighted by atomic mass is 9.26. The molecule has 5 rings (SSSR count). The van der Waals surface area contributed by atoms with Crippen molar-refractivity contribution in [1.29, 1.82) is 0 Å². The van der Waals surface area contributed by atoms with Crippen LogP contribution in [0.5, 0.6) is 0 Å². The maximum absolute atomic E-state index is 6.36. The molecule has 0 amide bonds. The Balaban J connectivity index is 1.36. The van der Waals surface area contributed by atoms with Gasteiger partial charge < -0.3 is 5.73 Å². The van der Waals surface area contributed by atoms with Gasteiger partial charge in [-0.15, -0.1) is 0 Å². The maximum atomic E-state index is 6.36. The molecule has 0 bridgehead atoms. The average molecular weight is 382 g/mol. The Labute approximate surface area is 173 Å². The van der Waals surface area contributed by atoms with Gasteiger partial charge in [-0.2, -0.15) is 0 Å². The van der Waals surface area contributed by atoms with E-state index in [0.717, 1.165) is 30.1 Å². The zero-order valence-corrected chi connectivity index (χ0v) is 18.9. The smallest absolute Gasteiger partial charge is 0.0118 e. The summed E-state index contributed by atoms with van der Waals surface area (Å²) in [6, 6.07) is 0.398. The number of rotatable bonds is 5. The molecule has 1 nitrogen and oxygen atoms in total. The minimum atomic E-state index is 0.398. The Hall–Kier alpha value is -0.560. The van der Waals surface area contributed by atoms with Gasteiger partial charge in [0.15, 0.2) is 0 Å². The normalized spacial score (nSPS) is 49.1. The van der Waals surface area contributed by atoms with Crippen LogP contribution in [0.3, 0.4) is 0 Å². The first-order valence-electron chi connectivity index (χ1n) is 12.4. The third kappa shape index (κ3) is 2.18. The molecule has 4 fully saturated rings. The second kappa shape index (κ2) is 6.22. The zero-order valence-electron chi connectivity index (χ0n) is 18.9. The Morgan fingerprint density at radius 3 is 2.61 bits per heavy atom. The van der Waals surface area contributed by atoms with E-state index in [0.29, 0.717) is 22.3 Å². The summed E-state index contributed by atoms with van der Waals surface area (Å²) in [4.78, 5) is 0. The van der Waals surface area contributed by atoms with Crippen molar-refractivity contribution in [3.63, 3.8) is 0 Å². The van der Waals surface area contributed by atoms with Crippen molar-refractivity contribution in [2.45, 2.75) is 104 Å². The summed E-state index contributed by atoms with van der Waals surface area (Å²) in [6.07, 6.45) is 15.3. The van der Waals surface area contributed by atoms with Crippen LogP contribution in [0, 0.1) is 39.9 Å². The minimum Gasteiger partial charge on any atom is -0.327 e. The predicted octanol–water partition coefficient (Wildman–Crippen LogP) is 7.03. The highest BCUT2D eigenvalue weighted by Gasteiger charge is 2.77. The Morgan fingerprint density at radius 1 is 1.07 bits per heavy atom. The van der Waals surface area contributed by atoms with Gasteiger partial charge in [0.1, 0.15) is 0 Å². The van der Waals surface area contributed by atoms with Gasteiger partial charge in [-0.05, 0) is 97.0 Å². The number of hydrogen-bond donors (Lipinski definition) is 1. The van der Waals surface area contributed by atoms with Crippen LogP contribution < -0.4 is 5.73 Å². The van der Waals surface area contributed by atoms with Crippen molar-refractivity contribution in [2.75, 3.05) is 0 Å². The van der Waals surface area contributed by atoms with E-state index in [9.17, 15) is 0 Å². The highest BCUT2D eigenvalue weighted by atomic mass is 14.8. The molecule has 1 heteroatoms. The van der Waals surface area contributed by atoms with Crippen LogP contribution >= 0.6 is 0 Å². The van der Waals surface area contributed by atoms with Crippen molar-refractivity contribution >= 4 is 0 Å². The van der Waals surface area contributed by atoms with Crippen molar-refractivity contribution in [1.82, 2.24) is 0 Å². The first-order chi connectivity index (χ1) is 13.3. The summed E-state index contributed by atoms with van der Waals surface area (Å²) in [6.45, 7) is 14.7. The molecular formula is C27H43N. The maximum Gasteiger partial charge on any atom is 0.0118 e. The molecule has 0 aromatic rings. The molecule has 28 heavy (non-hydrogen) atoms. The largest absolute Gasteiger partial charge is 0.327 e. The monoisotopic (exact) mass is 381 g/mol. The molecule has 0 aromatic heterocycles. The van der Waals surface area contributed by atoms with Crippen LogP contribution in [-0.2, 0) is 0 Å². The molecule has 2 N–H and O–H groups in total. The first kappa shape index (κ1) is 19.4. The molecular weight excluding hydrogens is 338 g/mol. The zero-order chi connectivity index (χ0) is 19.9. The number of nitrogens with two attached hydrogens (primary N) is 1. The van der Waals surface area contributed by atoms with Crippen molar-refractivity contribution < 1.29 is 0 Å². The summed E-state index contributed by atoms with van der Waals surface area (Å²) in [5.74, 6) is 3.53. The quantitative estimate of drug-likeness (QED) is 0.508. The fraction of sp³-hybridized carbons (Fsp3) is 0.852. The van der Waals surface area contributed by atoms with E-state index in [2.05, 4.69) is 34.3 Å². The molecule has 0 radical (unpaired) electrons. The van der Waals surface area contributed by atoms with Gasteiger partial charge in [-0.3, -0.25) is 0 Å². The van der Waals surface area contributed by atoms with E-state index >= 15 is 0 Å². The van der Waals surface area contributed by atoms with Crippen LogP contribution in [0.2, 0.25) is 0 Å². The molecule has 6 unspecified atom stereocenters. The van der Waals surface area contributed by atoms with Crippen LogP contribution in [-0.4, -0.2) is 6.04 Å². The Morgan fingerprint density at radius 2 is 1.86 bits per heavy atom. The van der Waals surface area contributed by atoms with Crippen LogP contribution in [0.25, 0.3) is 0 Å². The lowest BCUT2D eigenvalue weighted by Gasteiger charge is -2.78. The third-order valence-electron chi connectivity index (χ3n) is 10.8. The molecule has 0 saturated heterocycles. The van der Waals surface area contributed by atoms with Crippen LogP contribution in [0.1, 0.15) is 98.3 Å². The van der Waals surface area contributed by atoms with E-state index in [1.54, 1.807) is 16.7 Å². The second-order valence-electron chi connectivity index (χ2n) is 12.2. The predicted molar refractivity (Wildman–Crippen MR) is 119 cm³/mol. The van der Waals surface area contributed by atoms with Gasteiger partial charge in [0, 0.05) is 11.5 Å². The summed E-state index contributed by atoms with van der Waals surface area (Å²) in [5.41, 5.74) is 12.9. The molecule has 156 valence electrons. The topological polar surface area (TPSA) is 26.0 Å². The molecule has 1 spiro atoms. The number of unbranched alkanes of at least 4 members (excludes halogenated alkanes) is 1. The molecule has 0 aromatic carbocycles. The fourth-order valence-corrected chi connectivity index (χ4v) is 9.23. The van der Waals surface area contributed by atoms with Gasteiger partial charge >= 0.3 is 0 Å². The van der Waals surface area contributed by atoms with E-state index < -0.39 is 0 Å². The van der Waals surface area contributed by atoms with Gasteiger partial charge in [0.05, 0.1) is 0 Å². The molecule has 5 aliphatic carbocycles. The van der Waals surface area contributed by atoms with E-state index in [1.165, 1.54) is 64.2 Å². The second-order valence-corrected chi connectivity index (χ2v) is 12.2. The standard InChI is InChI=1S/C27H43N/c1-17(2)8-6-7-9-19-10-11-21-23-18(3)24-22-16-20(28)12-13-26(22,5)27(23,24)15-14-25(19,21)4/h17,19-21,23H,3,6-16,28H2,1-2,4-5H3/t19?,20?,21?,23?,25?,26?,27-/m0/s1. The summed E-state index contributed by atoms with van der Waals surface area (Å²) in [5, 5.41) is 0. The Kier molecular flexibility index (Phi) is 4.31.